The summed E-state index contributed by atoms with van der Waals surface area (Å²) in [6.07, 6.45) is 3.64. The molecule has 9 heteroatoms. The number of nitrogens with one attached hydrogen (secondary N) is 5. The van der Waals surface area contributed by atoms with Gasteiger partial charge in [-0.15, -0.1) is 11.3 Å². The highest BCUT2D eigenvalue weighted by molar-refractivity contribution is 7.13. The summed E-state index contributed by atoms with van der Waals surface area (Å²) in [5.74, 6) is 1.55. The molecule has 0 saturated carbocycles. The number of aromatic nitrogens is 2. The third kappa shape index (κ3) is 5.27. The number of nitrogens with zero attached hydrogens (tertiary/aromatic N) is 2. The molecule has 0 aliphatic carbocycles. The summed E-state index contributed by atoms with van der Waals surface area (Å²) in [6, 6.07) is 16.2. The second kappa shape index (κ2) is 10.6. The summed E-state index contributed by atoms with van der Waals surface area (Å²) in [5, 5.41) is 23.3. The average molecular weight is 462 g/mol. The molecule has 0 radical (unpaired) electrons. The monoisotopic (exact) mass is 461 g/mol. The van der Waals surface area contributed by atoms with Crippen molar-refractivity contribution in [2.45, 2.75) is 0 Å². The van der Waals surface area contributed by atoms with E-state index in [1.807, 2.05) is 69.0 Å². The number of aromatic amines is 1. The van der Waals surface area contributed by atoms with Crippen LogP contribution in [0.3, 0.4) is 0 Å². The molecule has 4 aromatic rings. The van der Waals surface area contributed by atoms with Gasteiger partial charge in [-0.2, -0.15) is 5.10 Å². The minimum absolute atomic E-state index is 0.402. The van der Waals surface area contributed by atoms with E-state index in [0.717, 1.165) is 50.0 Å². The fourth-order valence-corrected chi connectivity index (χ4v) is 4.26. The van der Waals surface area contributed by atoms with Crippen LogP contribution in [0.15, 0.2) is 71.3 Å². The lowest BCUT2D eigenvalue weighted by molar-refractivity contribution is 0.368. The number of methoxy groups -OCH3 is 1. The average Bonchev–Trinajstić information content (AvgIpc) is 3.51. The second-order valence-corrected chi connectivity index (χ2v) is 8.05. The van der Waals surface area contributed by atoms with Crippen LogP contribution in [0.2, 0.25) is 0 Å². The molecule has 0 amide bonds. The molecule has 170 valence electrons. The summed E-state index contributed by atoms with van der Waals surface area (Å²) >= 11 is 1.63. The Hall–Kier alpha value is -3.98. The van der Waals surface area contributed by atoms with Crippen LogP contribution in [0, 0.1) is 0 Å². The topological polar surface area (TPSA) is 98.4 Å². The van der Waals surface area contributed by atoms with E-state index in [2.05, 4.69) is 42.9 Å². The summed E-state index contributed by atoms with van der Waals surface area (Å²) in [7, 11) is 5.42. The van der Waals surface area contributed by atoms with Crippen LogP contribution in [0.4, 0.5) is 17.1 Å². The van der Waals surface area contributed by atoms with Crippen LogP contribution in [0.1, 0.15) is 10.4 Å². The van der Waals surface area contributed by atoms with Crippen molar-refractivity contribution in [3.8, 4) is 0 Å². The third-order valence-corrected chi connectivity index (χ3v) is 5.94. The Morgan fingerprint density at radius 2 is 2.06 bits per heavy atom. The molecule has 0 spiro atoms. The maximum atomic E-state index is 5.46. The van der Waals surface area contributed by atoms with Gasteiger partial charge < -0.3 is 26.0 Å². The van der Waals surface area contributed by atoms with Gasteiger partial charge >= 0.3 is 0 Å². The number of anilines is 3. The molecule has 33 heavy (non-hydrogen) atoms. The highest BCUT2D eigenvalue weighted by atomic mass is 32.1. The Balaban J connectivity index is 1.56. The molecular formula is C24H27N7OS. The van der Waals surface area contributed by atoms with Crippen molar-refractivity contribution in [1.29, 1.82) is 0 Å². The summed E-state index contributed by atoms with van der Waals surface area (Å²) < 4.78 is 5.46. The lowest BCUT2D eigenvalue weighted by Crippen LogP contribution is -2.16. The Bertz CT molecular complexity index is 1270. The molecule has 4 rings (SSSR count). The first-order chi connectivity index (χ1) is 16.2. The SMILES string of the molecule is CN/C=C(\OC)c1cccc(NC/N=C(/Nc2ccc3[nH]ncc3c2)c2sccc2NC)c1. The highest BCUT2D eigenvalue weighted by Gasteiger charge is 2.12. The number of ether oxygens (including phenoxy) is 1. The lowest BCUT2D eigenvalue weighted by Gasteiger charge is -2.13. The van der Waals surface area contributed by atoms with E-state index in [-0.39, 0.29) is 0 Å². The smallest absolute Gasteiger partial charge is 0.146 e. The van der Waals surface area contributed by atoms with Crippen molar-refractivity contribution in [2.24, 2.45) is 4.99 Å². The molecule has 2 heterocycles. The van der Waals surface area contributed by atoms with E-state index in [9.17, 15) is 0 Å². The molecule has 0 aliphatic heterocycles. The van der Waals surface area contributed by atoms with Crippen LogP contribution in [-0.2, 0) is 4.74 Å². The van der Waals surface area contributed by atoms with Crippen molar-refractivity contribution in [3.05, 3.63) is 76.7 Å². The van der Waals surface area contributed by atoms with E-state index in [1.54, 1.807) is 18.4 Å². The number of benzene rings is 2. The first kappa shape index (κ1) is 22.2. The van der Waals surface area contributed by atoms with Crippen LogP contribution < -0.4 is 21.3 Å². The standard InChI is InChI=1S/C24H27N7OS/c1-25-14-22(32-3)16-5-4-6-18(11-16)27-15-28-24(23-21(26-2)9-10-33-23)30-19-7-8-20-17(12-19)13-29-31-20/h4-14,25-27H,15H2,1-3H3,(H,28,30)(H,29,31)/b22-14-. The highest BCUT2D eigenvalue weighted by Crippen LogP contribution is 2.25. The van der Waals surface area contributed by atoms with Gasteiger partial charge in [0, 0.05) is 42.6 Å². The van der Waals surface area contributed by atoms with Crippen LogP contribution in [0.25, 0.3) is 16.7 Å². The molecule has 0 unspecified atom stereocenters. The molecule has 8 nitrogen and oxygen atoms in total. The Morgan fingerprint density at radius 3 is 2.88 bits per heavy atom. The first-order valence-corrected chi connectivity index (χ1v) is 11.4. The molecule has 0 bridgehead atoms. The lowest BCUT2D eigenvalue weighted by atomic mass is 10.1. The summed E-state index contributed by atoms with van der Waals surface area (Å²) in [5.41, 5.74) is 4.90. The quantitative estimate of drug-likeness (QED) is 0.140. The normalized spacial score (nSPS) is 12.0. The minimum atomic E-state index is 0.402. The number of rotatable bonds is 9. The minimum Gasteiger partial charge on any atom is -0.495 e. The maximum Gasteiger partial charge on any atom is 0.146 e. The zero-order chi connectivity index (χ0) is 23.0. The van der Waals surface area contributed by atoms with Gasteiger partial charge in [-0.25, -0.2) is 4.99 Å². The molecule has 2 aromatic carbocycles. The van der Waals surface area contributed by atoms with Crippen molar-refractivity contribution >= 4 is 50.9 Å². The van der Waals surface area contributed by atoms with Crippen LogP contribution in [-0.4, -0.2) is 43.9 Å². The number of aliphatic imine (C=N–C) groups is 1. The molecule has 0 saturated heterocycles. The van der Waals surface area contributed by atoms with Crippen LogP contribution >= 0.6 is 11.3 Å². The second-order valence-electron chi connectivity index (χ2n) is 7.13. The summed E-state index contributed by atoms with van der Waals surface area (Å²) in [4.78, 5) is 5.89. The molecule has 0 atom stereocenters. The van der Waals surface area contributed by atoms with Gasteiger partial charge in [0.2, 0.25) is 0 Å². The number of H-pyrrole nitrogens is 1. The molecule has 5 N–H and O–H groups in total. The van der Waals surface area contributed by atoms with E-state index in [1.165, 1.54) is 0 Å². The number of thiophene rings is 1. The largest absolute Gasteiger partial charge is 0.495 e. The van der Waals surface area contributed by atoms with Gasteiger partial charge in [-0.05, 0) is 41.8 Å². The zero-order valence-corrected chi connectivity index (χ0v) is 19.6. The predicted molar refractivity (Wildman–Crippen MR) is 139 cm³/mol. The fourth-order valence-electron chi connectivity index (χ4n) is 3.40. The third-order valence-electron chi connectivity index (χ3n) is 5.02. The summed E-state index contributed by atoms with van der Waals surface area (Å²) in [6.45, 7) is 0.402. The molecule has 0 fully saturated rings. The van der Waals surface area contributed by atoms with E-state index < -0.39 is 0 Å². The number of hydrogen-bond donors (Lipinski definition) is 5. The predicted octanol–water partition coefficient (Wildman–Crippen LogP) is 4.76. The maximum absolute atomic E-state index is 5.46. The number of amidine groups is 1. The zero-order valence-electron chi connectivity index (χ0n) is 18.8. The molecular weight excluding hydrogens is 434 g/mol. The Morgan fingerprint density at radius 1 is 1.15 bits per heavy atom. The number of hydrogen-bond acceptors (Lipinski definition) is 7. The van der Waals surface area contributed by atoms with Crippen molar-refractivity contribution in [1.82, 2.24) is 15.5 Å². The van der Waals surface area contributed by atoms with Gasteiger partial charge in [0.25, 0.3) is 0 Å². The van der Waals surface area contributed by atoms with Gasteiger partial charge in [-0.1, -0.05) is 12.1 Å². The van der Waals surface area contributed by atoms with E-state index in [4.69, 9.17) is 9.73 Å². The van der Waals surface area contributed by atoms with E-state index >= 15 is 0 Å². The first-order valence-electron chi connectivity index (χ1n) is 10.5. The van der Waals surface area contributed by atoms with Crippen molar-refractivity contribution in [3.63, 3.8) is 0 Å². The van der Waals surface area contributed by atoms with Gasteiger partial charge in [-0.3, -0.25) is 5.10 Å². The Labute approximate surface area is 196 Å². The molecule has 0 aliphatic rings. The van der Waals surface area contributed by atoms with E-state index in [0.29, 0.717) is 6.67 Å². The van der Waals surface area contributed by atoms with Crippen molar-refractivity contribution < 1.29 is 4.74 Å². The van der Waals surface area contributed by atoms with Gasteiger partial charge in [0.05, 0.1) is 29.4 Å². The van der Waals surface area contributed by atoms with Gasteiger partial charge in [0.1, 0.15) is 18.3 Å². The number of fused-ring (bicyclic) bond motifs is 1. The van der Waals surface area contributed by atoms with Crippen LogP contribution in [0.5, 0.6) is 0 Å². The van der Waals surface area contributed by atoms with Crippen molar-refractivity contribution in [2.75, 3.05) is 43.8 Å². The Kier molecular flexibility index (Phi) is 7.11. The van der Waals surface area contributed by atoms with Gasteiger partial charge in [0.15, 0.2) is 0 Å². The fraction of sp³-hybridized carbons (Fsp3) is 0.167. The molecule has 2 aromatic heterocycles.